The first-order valence-corrected chi connectivity index (χ1v) is 4.23. The SMILES string of the molecule is N[C@@]12CCCC1CC[N]C2. The molecule has 0 spiro atoms. The molecule has 0 aromatic rings. The first-order chi connectivity index (χ1) is 4.81. The molecule has 0 aromatic carbocycles. The Balaban J connectivity index is 2.10. The highest BCUT2D eigenvalue weighted by atomic mass is 15.0. The zero-order valence-electron chi connectivity index (χ0n) is 6.34. The Kier molecular flexibility index (Phi) is 1.46. The normalized spacial score (nSPS) is 47.1. The van der Waals surface area contributed by atoms with Crippen molar-refractivity contribution < 1.29 is 0 Å². The quantitative estimate of drug-likeness (QED) is 0.521. The van der Waals surface area contributed by atoms with Crippen LogP contribution in [0.5, 0.6) is 0 Å². The minimum Gasteiger partial charge on any atom is -0.324 e. The summed E-state index contributed by atoms with van der Waals surface area (Å²) in [6.07, 6.45) is 5.14. The van der Waals surface area contributed by atoms with Crippen LogP contribution in [0.3, 0.4) is 0 Å². The van der Waals surface area contributed by atoms with E-state index < -0.39 is 0 Å². The number of hydrogen-bond acceptors (Lipinski definition) is 1. The van der Waals surface area contributed by atoms with Gasteiger partial charge in [-0.2, -0.15) is 0 Å². The summed E-state index contributed by atoms with van der Waals surface area (Å²) in [5.41, 5.74) is 6.29. The molecular formula is C8H15N2. The van der Waals surface area contributed by atoms with E-state index in [1.54, 1.807) is 0 Å². The van der Waals surface area contributed by atoms with Crippen LogP contribution in [0.25, 0.3) is 0 Å². The molecule has 2 aliphatic rings. The second-order valence-electron chi connectivity index (χ2n) is 3.72. The van der Waals surface area contributed by atoms with Gasteiger partial charge in [0.05, 0.1) is 0 Å². The molecule has 2 fully saturated rings. The highest BCUT2D eigenvalue weighted by molar-refractivity contribution is 5.00. The van der Waals surface area contributed by atoms with Crippen molar-refractivity contribution in [3.63, 3.8) is 0 Å². The van der Waals surface area contributed by atoms with Crippen LogP contribution in [-0.4, -0.2) is 18.6 Å². The average molecular weight is 139 g/mol. The molecule has 2 N–H and O–H groups in total. The van der Waals surface area contributed by atoms with Crippen molar-refractivity contribution in [1.82, 2.24) is 5.32 Å². The number of piperidine rings is 1. The lowest BCUT2D eigenvalue weighted by atomic mass is 9.83. The summed E-state index contributed by atoms with van der Waals surface area (Å²) in [7, 11) is 0. The van der Waals surface area contributed by atoms with E-state index in [0.29, 0.717) is 0 Å². The number of nitrogens with zero attached hydrogens (tertiary/aromatic N) is 1. The lowest BCUT2D eigenvalue weighted by Gasteiger charge is -2.35. The molecule has 57 valence electrons. The fourth-order valence-corrected chi connectivity index (χ4v) is 2.34. The Bertz CT molecular complexity index is 135. The number of rotatable bonds is 0. The maximum Gasteiger partial charge on any atom is 0.0326 e. The molecule has 2 nitrogen and oxygen atoms in total. The van der Waals surface area contributed by atoms with Gasteiger partial charge in [0.25, 0.3) is 0 Å². The van der Waals surface area contributed by atoms with Gasteiger partial charge in [0.1, 0.15) is 0 Å². The van der Waals surface area contributed by atoms with Crippen LogP contribution in [0, 0.1) is 5.92 Å². The molecule has 1 heterocycles. The molecule has 1 radical (unpaired) electrons. The second-order valence-corrected chi connectivity index (χ2v) is 3.72. The summed E-state index contributed by atoms with van der Waals surface area (Å²) in [6.45, 7) is 1.99. The van der Waals surface area contributed by atoms with Gasteiger partial charge in [-0.3, -0.25) is 0 Å². The molecule has 0 amide bonds. The first-order valence-electron chi connectivity index (χ1n) is 4.23. The van der Waals surface area contributed by atoms with E-state index in [1.165, 1.54) is 25.7 Å². The Morgan fingerprint density at radius 2 is 2.30 bits per heavy atom. The minimum absolute atomic E-state index is 0.123. The third-order valence-corrected chi connectivity index (χ3v) is 3.05. The smallest absolute Gasteiger partial charge is 0.0326 e. The molecule has 1 saturated carbocycles. The molecule has 0 bridgehead atoms. The Morgan fingerprint density at radius 1 is 1.40 bits per heavy atom. The third-order valence-electron chi connectivity index (χ3n) is 3.05. The van der Waals surface area contributed by atoms with E-state index in [2.05, 4.69) is 5.32 Å². The number of hydrogen-bond donors (Lipinski definition) is 1. The molecular weight excluding hydrogens is 124 g/mol. The highest BCUT2D eigenvalue weighted by Gasteiger charge is 2.41. The van der Waals surface area contributed by atoms with E-state index >= 15 is 0 Å². The lowest BCUT2D eigenvalue weighted by molar-refractivity contribution is 0.240. The summed E-state index contributed by atoms with van der Waals surface area (Å²) in [5.74, 6) is 0.796. The fourth-order valence-electron chi connectivity index (χ4n) is 2.34. The van der Waals surface area contributed by atoms with Crippen molar-refractivity contribution in [2.24, 2.45) is 11.7 Å². The van der Waals surface area contributed by atoms with Crippen molar-refractivity contribution in [3.05, 3.63) is 0 Å². The molecule has 1 aliphatic carbocycles. The van der Waals surface area contributed by atoms with Gasteiger partial charge in [-0.15, -0.1) is 0 Å². The number of fused-ring (bicyclic) bond motifs is 1. The van der Waals surface area contributed by atoms with Crippen LogP contribution in [0.2, 0.25) is 0 Å². The Labute approximate surface area is 62.2 Å². The van der Waals surface area contributed by atoms with Crippen LogP contribution >= 0.6 is 0 Å². The van der Waals surface area contributed by atoms with Crippen molar-refractivity contribution in [3.8, 4) is 0 Å². The first kappa shape index (κ1) is 6.62. The van der Waals surface area contributed by atoms with Gasteiger partial charge in [0, 0.05) is 18.6 Å². The van der Waals surface area contributed by atoms with Crippen LogP contribution < -0.4 is 11.1 Å². The molecule has 2 atom stereocenters. The predicted molar refractivity (Wildman–Crippen MR) is 40.7 cm³/mol. The molecule has 1 saturated heterocycles. The van der Waals surface area contributed by atoms with E-state index in [9.17, 15) is 0 Å². The summed E-state index contributed by atoms with van der Waals surface area (Å²) in [5, 5.41) is 4.37. The van der Waals surface area contributed by atoms with E-state index in [1.807, 2.05) is 0 Å². The van der Waals surface area contributed by atoms with Gasteiger partial charge in [0.15, 0.2) is 0 Å². The lowest BCUT2D eigenvalue weighted by Crippen LogP contribution is -2.53. The van der Waals surface area contributed by atoms with Crippen molar-refractivity contribution in [2.45, 2.75) is 31.2 Å². The van der Waals surface area contributed by atoms with Crippen molar-refractivity contribution in [2.75, 3.05) is 13.1 Å². The highest BCUT2D eigenvalue weighted by Crippen LogP contribution is 2.37. The Hall–Kier alpha value is -0.0800. The molecule has 10 heavy (non-hydrogen) atoms. The number of nitrogens with two attached hydrogens (primary N) is 1. The summed E-state index contributed by atoms with van der Waals surface area (Å²) >= 11 is 0. The van der Waals surface area contributed by atoms with Gasteiger partial charge < -0.3 is 5.73 Å². The van der Waals surface area contributed by atoms with Gasteiger partial charge in [-0.25, -0.2) is 5.32 Å². The van der Waals surface area contributed by atoms with E-state index in [-0.39, 0.29) is 5.54 Å². The van der Waals surface area contributed by atoms with Crippen LogP contribution in [0.15, 0.2) is 0 Å². The largest absolute Gasteiger partial charge is 0.324 e. The maximum atomic E-state index is 6.17. The van der Waals surface area contributed by atoms with Crippen LogP contribution in [0.4, 0.5) is 0 Å². The zero-order valence-corrected chi connectivity index (χ0v) is 6.34. The van der Waals surface area contributed by atoms with Gasteiger partial charge in [0.2, 0.25) is 0 Å². The average Bonchev–Trinajstić information content (AvgIpc) is 2.29. The topological polar surface area (TPSA) is 40.1 Å². The fraction of sp³-hybridized carbons (Fsp3) is 1.00. The van der Waals surface area contributed by atoms with Crippen molar-refractivity contribution in [1.29, 1.82) is 0 Å². The molecule has 1 unspecified atom stereocenters. The summed E-state index contributed by atoms with van der Waals surface area (Å²) in [4.78, 5) is 0. The second kappa shape index (κ2) is 2.21. The monoisotopic (exact) mass is 139 g/mol. The van der Waals surface area contributed by atoms with Crippen molar-refractivity contribution >= 4 is 0 Å². The maximum absolute atomic E-state index is 6.17. The zero-order chi connectivity index (χ0) is 7.03. The van der Waals surface area contributed by atoms with Crippen LogP contribution in [0.1, 0.15) is 25.7 Å². The molecule has 1 aliphatic heterocycles. The van der Waals surface area contributed by atoms with Gasteiger partial charge in [-0.1, -0.05) is 6.42 Å². The minimum atomic E-state index is 0.123. The third kappa shape index (κ3) is 0.867. The molecule has 2 rings (SSSR count). The Morgan fingerprint density at radius 3 is 3.10 bits per heavy atom. The summed E-state index contributed by atoms with van der Waals surface area (Å²) < 4.78 is 0. The summed E-state index contributed by atoms with van der Waals surface area (Å²) in [6, 6.07) is 0. The standard InChI is InChI=1S/C8H15N2/c9-8-4-1-2-7(8)3-5-10-6-8/h7H,1-6,9H2/t7?,8-/m1/s1. The van der Waals surface area contributed by atoms with E-state index in [0.717, 1.165) is 19.0 Å². The van der Waals surface area contributed by atoms with E-state index in [4.69, 9.17) is 5.73 Å². The predicted octanol–water partition coefficient (Wildman–Crippen LogP) is 0.492. The van der Waals surface area contributed by atoms with Gasteiger partial charge in [-0.05, 0) is 25.2 Å². The molecule has 0 aromatic heterocycles. The van der Waals surface area contributed by atoms with Gasteiger partial charge >= 0.3 is 0 Å². The van der Waals surface area contributed by atoms with Crippen LogP contribution in [-0.2, 0) is 0 Å². The molecule has 2 heteroatoms.